The molecular weight excluding hydrogens is 617 g/mol. The average molecular weight is 643 g/mol. The molecule has 10 aromatic rings. The SMILES string of the molecule is c1ccc(-n2c3ccccc3c3ccc4c5ccccc5n(-c5ccc(-c6nc7c8c(cccc8n6)Sc6ccccc6-7)cc5)c4c32)cc1. The number of para-hydroxylation sites is 3. The van der Waals surface area contributed by atoms with Gasteiger partial charge in [-0.3, -0.25) is 0 Å². The first-order valence-corrected chi connectivity index (χ1v) is 17.3. The molecular formula is C44H26N4S. The van der Waals surface area contributed by atoms with Crippen LogP contribution in [-0.2, 0) is 0 Å². The normalized spacial score (nSPS) is 12.4. The second kappa shape index (κ2) is 10.2. The molecule has 3 aromatic heterocycles. The Kier molecular flexibility index (Phi) is 5.57. The Morgan fingerprint density at radius 1 is 0.429 bits per heavy atom. The van der Waals surface area contributed by atoms with Crippen molar-refractivity contribution in [2.45, 2.75) is 9.79 Å². The summed E-state index contributed by atoms with van der Waals surface area (Å²) in [5, 5.41) is 6.09. The molecule has 0 bridgehead atoms. The van der Waals surface area contributed by atoms with E-state index in [0.717, 1.165) is 39.4 Å². The van der Waals surface area contributed by atoms with Gasteiger partial charge < -0.3 is 9.13 Å². The van der Waals surface area contributed by atoms with E-state index in [4.69, 9.17) is 9.97 Å². The lowest BCUT2D eigenvalue weighted by Crippen LogP contribution is -2.01. The first-order chi connectivity index (χ1) is 24.3. The molecule has 0 saturated heterocycles. The van der Waals surface area contributed by atoms with Crippen molar-refractivity contribution >= 4 is 66.3 Å². The molecule has 0 atom stereocenters. The molecule has 0 N–H and O–H groups in total. The molecule has 0 saturated carbocycles. The van der Waals surface area contributed by atoms with Gasteiger partial charge in [0.25, 0.3) is 0 Å². The van der Waals surface area contributed by atoms with Gasteiger partial charge in [0, 0.05) is 59.2 Å². The summed E-state index contributed by atoms with van der Waals surface area (Å²) in [6, 6.07) is 56.5. The van der Waals surface area contributed by atoms with E-state index in [0.29, 0.717) is 0 Å². The Bertz CT molecular complexity index is 2960. The van der Waals surface area contributed by atoms with Gasteiger partial charge in [0.05, 0.1) is 33.3 Å². The molecule has 0 radical (unpaired) electrons. The van der Waals surface area contributed by atoms with E-state index in [1.165, 1.54) is 59.0 Å². The van der Waals surface area contributed by atoms with Crippen LogP contribution in [0.25, 0.3) is 88.5 Å². The van der Waals surface area contributed by atoms with Crippen LogP contribution in [0.4, 0.5) is 0 Å². The van der Waals surface area contributed by atoms with Crippen molar-refractivity contribution in [1.29, 1.82) is 0 Å². The summed E-state index contributed by atoms with van der Waals surface area (Å²) in [4.78, 5) is 12.7. The number of rotatable bonds is 3. The molecule has 5 heteroatoms. The molecule has 228 valence electrons. The van der Waals surface area contributed by atoms with Gasteiger partial charge in [-0.25, -0.2) is 9.97 Å². The number of nitrogens with zero attached hydrogens (tertiary/aromatic N) is 4. The van der Waals surface area contributed by atoms with Crippen molar-refractivity contribution in [3.8, 4) is 34.0 Å². The topological polar surface area (TPSA) is 35.6 Å². The van der Waals surface area contributed by atoms with Gasteiger partial charge in [-0.2, -0.15) is 0 Å². The summed E-state index contributed by atoms with van der Waals surface area (Å²) < 4.78 is 4.86. The number of hydrogen-bond acceptors (Lipinski definition) is 3. The minimum Gasteiger partial charge on any atom is -0.307 e. The number of fused-ring (bicyclic) bond motifs is 9. The Balaban J connectivity index is 1.16. The Morgan fingerprint density at radius 2 is 1.02 bits per heavy atom. The molecule has 0 amide bonds. The molecule has 1 aliphatic heterocycles. The van der Waals surface area contributed by atoms with Crippen LogP contribution in [0, 0.1) is 0 Å². The maximum Gasteiger partial charge on any atom is 0.160 e. The third-order valence-corrected chi connectivity index (χ3v) is 11.0. The van der Waals surface area contributed by atoms with Gasteiger partial charge in [-0.1, -0.05) is 103 Å². The molecule has 4 heterocycles. The average Bonchev–Trinajstić information content (AvgIpc) is 3.68. The molecule has 1 aliphatic rings. The molecule has 49 heavy (non-hydrogen) atoms. The highest BCUT2D eigenvalue weighted by molar-refractivity contribution is 7.99. The summed E-state index contributed by atoms with van der Waals surface area (Å²) >= 11 is 1.80. The van der Waals surface area contributed by atoms with Crippen LogP contribution in [-0.4, -0.2) is 19.1 Å². The van der Waals surface area contributed by atoms with Crippen LogP contribution in [0.3, 0.4) is 0 Å². The van der Waals surface area contributed by atoms with Crippen LogP contribution in [0.1, 0.15) is 0 Å². The maximum absolute atomic E-state index is 5.21. The molecule has 0 aliphatic carbocycles. The van der Waals surface area contributed by atoms with Crippen LogP contribution in [0.15, 0.2) is 168 Å². The number of aromatic nitrogens is 4. The van der Waals surface area contributed by atoms with Gasteiger partial charge >= 0.3 is 0 Å². The van der Waals surface area contributed by atoms with Gasteiger partial charge in [-0.15, -0.1) is 0 Å². The largest absolute Gasteiger partial charge is 0.307 e. The molecule has 0 spiro atoms. The lowest BCUT2D eigenvalue weighted by atomic mass is 10.0. The zero-order chi connectivity index (χ0) is 32.1. The van der Waals surface area contributed by atoms with Crippen molar-refractivity contribution in [2.24, 2.45) is 0 Å². The zero-order valence-corrected chi connectivity index (χ0v) is 27.0. The highest BCUT2D eigenvalue weighted by Crippen LogP contribution is 2.47. The Hall–Kier alpha value is -6.17. The van der Waals surface area contributed by atoms with Gasteiger partial charge in [-0.05, 0) is 66.7 Å². The highest BCUT2D eigenvalue weighted by atomic mass is 32.2. The predicted octanol–water partition coefficient (Wildman–Crippen LogP) is 11.6. The zero-order valence-electron chi connectivity index (χ0n) is 26.2. The summed E-state index contributed by atoms with van der Waals surface area (Å²) in [5.41, 5.74) is 11.2. The summed E-state index contributed by atoms with van der Waals surface area (Å²) in [5.74, 6) is 0.738. The van der Waals surface area contributed by atoms with E-state index >= 15 is 0 Å². The molecule has 0 fully saturated rings. The first kappa shape index (κ1) is 26.9. The summed E-state index contributed by atoms with van der Waals surface area (Å²) in [6.45, 7) is 0. The quantitative estimate of drug-likeness (QED) is 0.192. The standard InChI is InChI=1S/C44H26N4S/c1-2-11-28(12-3-1)47-36-17-7-4-13-30(36)32-25-26-33-31-14-5-8-18-37(31)48(43(33)42(32)47)29-23-21-27(22-24-29)44-45-35-16-10-20-39-40(35)41(46-44)34-15-6-9-19-38(34)49-39/h1-26H. The fraction of sp³-hybridized carbons (Fsp3) is 0. The van der Waals surface area contributed by atoms with Gasteiger partial charge in [0.2, 0.25) is 0 Å². The summed E-state index contributed by atoms with van der Waals surface area (Å²) in [6.07, 6.45) is 0. The first-order valence-electron chi connectivity index (χ1n) is 16.5. The Morgan fingerprint density at radius 3 is 1.73 bits per heavy atom. The fourth-order valence-electron chi connectivity index (χ4n) is 7.80. The molecule has 7 aromatic carbocycles. The van der Waals surface area contributed by atoms with Crippen molar-refractivity contribution in [2.75, 3.05) is 0 Å². The van der Waals surface area contributed by atoms with Crippen LogP contribution in [0.5, 0.6) is 0 Å². The lowest BCUT2D eigenvalue weighted by Gasteiger charge is -2.19. The highest BCUT2D eigenvalue weighted by Gasteiger charge is 2.23. The molecule has 4 nitrogen and oxygen atoms in total. The van der Waals surface area contributed by atoms with E-state index in [1.807, 2.05) is 0 Å². The van der Waals surface area contributed by atoms with Gasteiger partial charge in [0.1, 0.15) is 0 Å². The van der Waals surface area contributed by atoms with Crippen molar-refractivity contribution in [1.82, 2.24) is 19.1 Å². The van der Waals surface area contributed by atoms with E-state index in [9.17, 15) is 0 Å². The minimum atomic E-state index is 0.738. The molecule has 11 rings (SSSR count). The monoisotopic (exact) mass is 642 g/mol. The van der Waals surface area contributed by atoms with Crippen molar-refractivity contribution in [3.05, 3.63) is 158 Å². The van der Waals surface area contributed by atoms with Crippen molar-refractivity contribution in [3.63, 3.8) is 0 Å². The van der Waals surface area contributed by atoms with E-state index in [-0.39, 0.29) is 0 Å². The Labute approximate surface area is 285 Å². The smallest absolute Gasteiger partial charge is 0.160 e. The third-order valence-electron chi connectivity index (χ3n) is 9.91. The summed E-state index contributed by atoms with van der Waals surface area (Å²) in [7, 11) is 0. The van der Waals surface area contributed by atoms with Crippen LogP contribution in [0.2, 0.25) is 0 Å². The molecule has 0 unspecified atom stereocenters. The maximum atomic E-state index is 5.21. The fourth-order valence-corrected chi connectivity index (χ4v) is 8.91. The van der Waals surface area contributed by atoms with Crippen molar-refractivity contribution < 1.29 is 0 Å². The number of benzene rings is 7. The third kappa shape index (κ3) is 3.82. The van der Waals surface area contributed by atoms with Crippen LogP contribution < -0.4 is 0 Å². The van der Waals surface area contributed by atoms with Crippen LogP contribution >= 0.6 is 11.8 Å². The lowest BCUT2D eigenvalue weighted by molar-refractivity contribution is 1.15. The van der Waals surface area contributed by atoms with E-state index in [1.54, 1.807) is 11.8 Å². The minimum absolute atomic E-state index is 0.738. The number of hydrogen-bond donors (Lipinski definition) is 0. The second-order valence-corrected chi connectivity index (χ2v) is 13.7. The van der Waals surface area contributed by atoms with Gasteiger partial charge in [0.15, 0.2) is 5.82 Å². The van der Waals surface area contributed by atoms with E-state index in [2.05, 4.69) is 167 Å². The second-order valence-electron chi connectivity index (χ2n) is 12.6. The van der Waals surface area contributed by atoms with E-state index < -0.39 is 0 Å². The predicted molar refractivity (Wildman–Crippen MR) is 203 cm³/mol.